The lowest BCUT2D eigenvalue weighted by atomic mass is 9.96. The van der Waals surface area contributed by atoms with Crippen LogP contribution in [0.3, 0.4) is 0 Å². The number of rotatable bonds is 4. The van der Waals surface area contributed by atoms with Crippen LogP contribution in [0.1, 0.15) is 38.5 Å². The maximum atomic E-state index is 12.5. The molecule has 2 aliphatic rings. The van der Waals surface area contributed by atoms with Crippen molar-refractivity contribution in [2.24, 2.45) is 0 Å². The van der Waals surface area contributed by atoms with Crippen molar-refractivity contribution < 1.29 is 8.42 Å². The lowest BCUT2D eigenvalue weighted by Gasteiger charge is -2.33. The molecule has 0 amide bonds. The number of hydrogen-bond acceptors (Lipinski definition) is 3. The fraction of sp³-hybridized carbons (Fsp3) is 1.00. The van der Waals surface area contributed by atoms with Crippen LogP contribution in [0.5, 0.6) is 0 Å². The Morgan fingerprint density at radius 3 is 2.39 bits per heavy atom. The minimum atomic E-state index is -3.25. The van der Waals surface area contributed by atoms with Gasteiger partial charge in [0.15, 0.2) is 0 Å². The minimum absolute atomic E-state index is 0.206. The van der Waals surface area contributed by atoms with E-state index in [-0.39, 0.29) is 6.04 Å². The van der Waals surface area contributed by atoms with E-state index in [0.717, 1.165) is 32.1 Å². The Balaban J connectivity index is 2.01. The van der Waals surface area contributed by atoms with E-state index in [0.29, 0.717) is 19.1 Å². The van der Waals surface area contributed by atoms with Crippen molar-refractivity contribution in [3.63, 3.8) is 0 Å². The molecule has 0 aromatic carbocycles. The smallest absolute Gasteiger partial charge is 0.282 e. The molecule has 1 heterocycles. The molecule has 2 fully saturated rings. The van der Waals surface area contributed by atoms with Crippen molar-refractivity contribution in [1.82, 2.24) is 13.9 Å². The maximum absolute atomic E-state index is 12.5. The molecule has 1 aliphatic heterocycles. The van der Waals surface area contributed by atoms with Crippen LogP contribution in [0.2, 0.25) is 0 Å². The molecule has 1 saturated heterocycles. The van der Waals surface area contributed by atoms with Gasteiger partial charge in [0.25, 0.3) is 10.2 Å². The Bertz CT molecular complexity index is 366. The van der Waals surface area contributed by atoms with Crippen LogP contribution in [-0.2, 0) is 10.2 Å². The second kappa shape index (κ2) is 5.86. The molecule has 0 radical (unpaired) electrons. The third-order valence-corrected chi connectivity index (χ3v) is 6.35. The second-order valence-corrected chi connectivity index (χ2v) is 7.44. The second-order valence-electron chi connectivity index (χ2n) is 5.45. The molecule has 0 aromatic heterocycles. The summed E-state index contributed by atoms with van der Waals surface area (Å²) >= 11 is 0. The van der Waals surface area contributed by atoms with Gasteiger partial charge in [-0.05, 0) is 26.3 Å². The van der Waals surface area contributed by atoms with E-state index in [4.69, 9.17) is 0 Å². The summed E-state index contributed by atoms with van der Waals surface area (Å²) in [5.41, 5.74) is 0. The van der Waals surface area contributed by atoms with E-state index < -0.39 is 10.2 Å². The summed E-state index contributed by atoms with van der Waals surface area (Å²) in [6.45, 7) is 1.25. The lowest BCUT2D eigenvalue weighted by Crippen LogP contribution is -2.47. The van der Waals surface area contributed by atoms with Gasteiger partial charge in [-0.2, -0.15) is 17.0 Å². The average Bonchev–Trinajstić information content (AvgIpc) is 2.88. The van der Waals surface area contributed by atoms with E-state index in [1.807, 2.05) is 7.05 Å². The van der Waals surface area contributed by atoms with E-state index in [1.54, 1.807) is 15.7 Å². The van der Waals surface area contributed by atoms with Crippen LogP contribution < -0.4 is 5.32 Å². The van der Waals surface area contributed by atoms with Crippen LogP contribution in [0, 0.1) is 0 Å². The van der Waals surface area contributed by atoms with Gasteiger partial charge in [0.1, 0.15) is 0 Å². The van der Waals surface area contributed by atoms with E-state index >= 15 is 0 Å². The molecule has 1 saturated carbocycles. The van der Waals surface area contributed by atoms with Gasteiger partial charge in [-0.25, -0.2) is 0 Å². The quantitative estimate of drug-likeness (QED) is 0.825. The Morgan fingerprint density at radius 1 is 1.17 bits per heavy atom. The highest BCUT2D eigenvalue weighted by atomic mass is 32.2. The van der Waals surface area contributed by atoms with E-state index in [2.05, 4.69) is 5.32 Å². The summed E-state index contributed by atoms with van der Waals surface area (Å²) in [6, 6.07) is 0.511. The topological polar surface area (TPSA) is 52.7 Å². The first-order chi connectivity index (χ1) is 8.55. The molecule has 2 rings (SSSR count). The molecule has 1 aliphatic carbocycles. The zero-order valence-electron chi connectivity index (χ0n) is 11.4. The first-order valence-corrected chi connectivity index (χ1v) is 8.35. The van der Waals surface area contributed by atoms with E-state index in [9.17, 15) is 8.42 Å². The van der Waals surface area contributed by atoms with Crippen molar-refractivity contribution in [3.8, 4) is 0 Å². The van der Waals surface area contributed by atoms with Gasteiger partial charge < -0.3 is 5.32 Å². The first-order valence-electron chi connectivity index (χ1n) is 6.96. The average molecular weight is 275 g/mol. The normalized spacial score (nSPS) is 28.1. The maximum Gasteiger partial charge on any atom is 0.282 e. The van der Waals surface area contributed by atoms with Gasteiger partial charge in [-0.1, -0.05) is 19.3 Å². The Kier molecular flexibility index (Phi) is 4.64. The number of nitrogens with one attached hydrogen (secondary N) is 1. The van der Waals surface area contributed by atoms with Gasteiger partial charge in [-0.15, -0.1) is 0 Å². The lowest BCUT2D eigenvalue weighted by molar-refractivity contribution is 0.268. The summed E-state index contributed by atoms with van der Waals surface area (Å²) in [4.78, 5) is 0. The summed E-state index contributed by atoms with van der Waals surface area (Å²) < 4.78 is 28.3. The number of nitrogens with zero attached hydrogens (tertiary/aromatic N) is 2. The van der Waals surface area contributed by atoms with Gasteiger partial charge in [-0.3, -0.25) is 0 Å². The minimum Gasteiger partial charge on any atom is -0.316 e. The molecule has 1 unspecified atom stereocenters. The van der Waals surface area contributed by atoms with Crippen LogP contribution >= 0.6 is 0 Å². The highest BCUT2D eigenvalue weighted by Gasteiger charge is 2.36. The molecule has 1 N–H and O–H groups in total. The summed E-state index contributed by atoms with van der Waals surface area (Å²) in [6.07, 6.45) is 6.50. The SMILES string of the molecule is CNC1CCN(S(=O)(=O)N(C)C2CCCCC2)C1. The van der Waals surface area contributed by atoms with Gasteiger partial charge in [0.2, 0.25) is 0 Å². The Hall–Kier alpha value is -0.170. The van der Waals surface area contributed by atoms with Gasteiger partial charge in [0, 0.05) is 32.2 Å². The molecule has 0 bridgehead atoms. The molecule has 0 spiro atoms. The third kappa shape index (κ3) is 2.87. The van der Waals surface area contributed by atoms with Crippen molar-refractivity contribution in [2.45, 2.75) is 50.6 Å². The number of likely N-dealkylation sites (N-methyl/N-ethyl adjacent to an activating group) is 1. The molecule has 18 heavy (non-hydrogen) atoms. The third-order valence-electron chi connectivity index (χ3n) is 4.34. The molecule has 1 atom stereocenters. The monoisotopic (exact) mass is 275 g/mol. The highest BCUT2D eigenvalue weighted by molar-refractivity contribution is 7.86. The fourth-order valence-electron chi connectivity index (χ4n) is 2.99. The van der Waals surface area contributed by atoms with Crippen molar-refractivity contribution in [3.05, 3.63) is 0 Å². The molecular formula is C12H25N3O2S. The zero-order chi connectivity index (χ0) is 13.2. The summed E-state index contributed by atoms with van der Waals surface area (Å²) in [7, 11) is 0.388. The Labute approximate surface area is 111 Å². The summed E-state index contributed by atoms with van der Waals surface area (Å²) in [5, 5.41) is 3.16. The standard InChI is InChI=1S/C12H25N3O2S/c1-13-11-8-9-15(10-11)18(16,17)14(2)12-6-4-3-5-7-12/h11-13H,3-10H2,1-2H3. The van der Waals surface area contributed by atoms with Gasteiger partial charge in [0.05, 0.1) is 0 Å². The number of hydrogen-bond donors (Lipinski definition) is 1. The van der Waals surface area contributed by atoms with Crippen LogP contribution in [0.25, 0.3) is 0 Å². The molecule has 6 heteroatoms. The molecule has 0 aromatic rings. The van der Waals surface area contributed by atoms with Gasteiger partial charge >= 0.3 is 0 Å². The molecular weight excluding hydrogens is 250 g/mol. The fourth-order valence-corrected chi connectivity index (χ4v) is 4.64. The predicted octanol–water partition coefficient (Wildman–Crippen LogP) is 0.789. The first kappa shape index (κ1) is 14.2. The Morgan fingerprint density at radius 2 is 1.83 bits per heavy atom. The van der Waals surface area contributed by atoms with Crippen molar-refractivity contribution >= 4 is 10.2 Å². The van der Waals surface area contributed by atoms with Crippen LogP contribution in [-0.4, -0.2) is 56.3 Å². The van der Waals surface area contributed by atoms with Crippen molar-refractivity contribution in [2.75, 3.05) is 27.2 Å². The highest BCUT2D eigenvalue weighted by Crippen LogP contribution is 2.26. The van der Waals surface area contributed by atoms with Crippen LogP contribution in [0.15, 0.2) is 0 Å². The zero-order valence-corrected chi connectivity index (χ0v) is 12.2. The summed E-state index contributed by atoms with van der Waals surface area (Å²) in [5.74, 6) is 0. The van der Waals surface area contributed by atoms with Crippen LogP contribution in [0.4, 0.5) is 0 Å². The molecule has 5 nitrogen and oxygen atoms in total. The largest absolute Gasteiger partial charge is 0.316 e. The van der Waals surface area contributed by atoms with Crippen molar-refractivity contribution in [1.29, 1.82) is 0 Å². The predicted molar refractivity (Wildman–Crippen MR) is 72.6 cm³/mol. The van der Waals surface area contributed by atoms with E-state index in [1.165, 1.54) is 6.42 Å². The molecule has 106 valence electrons.